The second-order valence-corrected chi connectivity index (χ2v) is 5.22. The minimum Gasteiger partial charge on any atom is -0.306 e. The molecule has 112 valence electrons. The van der Waals surface area contributed by atoms with Crippen LogP contribution < -0.4 is 5.32 Å². The van der Waals surface area contributed by atoms with Crippen molar-refractivity contribution in [3.8, 4) is 0 Å². The summed E-state index contributed by atoms with van der Waals surface area (Å²) in [5.74, 6) is -1.62. The van der Waals surface area contributed by atoms with Crippen molar-refractivity contribution in [1.82, 2.24) is 10.3 Å². The maximum Gasteiger partial charge on any atom is 0.141 e. The van der Waals surface area contributed by atoms with Gasteiger partial charge in [-0.15, -0.1) is 0 Å². The molecule has 2 nitrogen and oxygen atoms in total. The summed E-state index contributed by atoms with van der Waals surface area (Å²) in [5.41, 5.74) is 1.01. The molecular weight excluding hydrogens is 277 g/mol. The second-order valence-electron chi connectivity index (χ2n) is 5.22. The second kappa shape index (κ2) is 6.72. The fraction of sp³-hybridized carbons (Fsp3) is 0.312. The van der Waals surface area contributed by atoms with Crippen molar-refractivity contribution in [2.24, 2.45) is 0 Å². The molecule has 1 atom stereocenters. The standard InChI is InChI=1S/C16H17F3N2/c1-10(2)21-16(15-6-5-13(18)9-20-15)7-11-3-4-12(17)8-14(11)19/h3-6,8-10,16,21H,7H2,1-2H3. The molecule has 0 fully saturated rings. The Balaban J connectivity index is 2.25. The molecular formula is C16H17F3N2. The van der Waals surface area contributed by atoms with Gasteiger partial charge in [0.2, 0.25) is 0 Å². The summed E-state index contributed by atoms with van der Waals surface area (Å²) in [6.45, 7) is 3.91. The van der Waals surface area contributed by atoms with Gasteiger partial charge in [-0.2, -0.15) is 0 Å². The first-order chi connectivity index (χ1) is 9.95. The third-order valence-corrected chi connectivity index (χ3v) is 3.08. The van der Waals surface area contributed by atoms with Crippen LogP contribution in [0.2, 0.25) is 0 Å². The van der Waals surface area contributed by atoms with E-state index in [2.05, 4.69) is 10.3 Å². The highest BCUT2D eigenvalue weighted by Crippen LogP contribution is 2.20. The summed E-state index contributed by atoms with van der Waals surface area (Å²) in [7, 11) is 0. The fourth-order valence-corrected chi connectivity index (χ4v) is 2.15. The van der Waals surface area contributed by atoms with Crippen LogP contribution in [-0.4, -0.2) is 11.0 Å². The van der Waals surface area contributed by atoms with Crippen molar-refractivity contribution < 1.29 is 13.2 Å². The van der Waals surface area contributed by atoms with Gasteiger partial charge in [0.05, 0.1) is 17.9 Å². The van der Waals surface area contributed by atoms with Gasteiger partial charge in [0.1, 0.15) is 17.5 Å². The van der Waals surface area contributed by atoms with Gasteiger partial charge < -0.3 is 5.32 Å². The van der Waals surface area contributed by atoms with Crippen LogP contribution in [0.1, 0.15) is 31.1 Å². The van der Waals surface area contributed by atoms with E-state index in [9.17, 15) is 13.2 Å². The summed E-state index contributed by atoms with van der Waals surface area (Å²) in [5, 5.41) is 3.26. The van der Waals surface area contributed by atoms with Gasteiger partial charge in [-0.05, 0) is 30.2 Å². The lowest BCUT2D eigenvalue weighted by Gasteiger charge is -2.21. The van der Waals surface area contributed by atoms with Crippen molar-refractivity contribution in [2.75, 3.05) is 0 Å². The predicted octanol–water partition coefficient (Wildman–Crippen LogP) is 3.78. The minimum atomic E-state index is -0.607. The molecule has 21 heavy (non-hydrogen) atoms. The first-order valence-electron chi connectivity index (χ1n) is 6.77. The number of nitrogens with zero attached hydrogens (tertiary/aromatic N) is 1. The van der Waals surface area contributed by atoms with E-state index in [-0.39, 0.29) is 12.1 Å². The molecule has 0 spiro atoms. The Kier molecular flexibility index (Phi) is 4.96. The largest absolute Gasteiger partial charge is 0.306 e. The van der Waals surface area contributed by atoms with E-state index in [1.54, 1.807) is 6.07 Å². The Morgan fingerprint density at radius 2 is 1.76 bits per heavy atom. The Labute approximate surface area is 122 Å². The lowest BCUT2D eigenvalue weighted by molar-refractivity contribution is 0.455. The van der Waals surface area contributed by atoms with Crippen molar-refractivity contribution >= 4 is 0 Å². The first-order valence-corrected chi connectivity index (χ1v) is 6.77. The number of nitrogens with one attached hydrogen (secondary N) is 1. The molecule has 2 aromatic rings. The van der Waals surface area contributed by atoms with E-state index in [0.29, 0.717) is 17.7 Å². The van der Waals surface area contributed by atoms with Crippen molar-refractivity contribution in [3.63, 3.8) is 0 Å². The molecule has 5 heteroatoms. The van der Waals surface area contributed by atoms with E-state index in [1.807, 2.05) is 13.8 Å². The lowest BCUT2D eigenvalue weighted by atomic mass is 10.0. The highest BCUT2D eigenvalue weighted by molar-refractivity contribution is 5.22. The lowest BCUT2D eigenvalue weighted by Crippen LogP contribution is -2.30. The number of benzene rings is 1. The number of halogens is 3. The Morgan fingerprint density at radius 3 is 2.33 bits per heavy atom. The molecule has 0 aliphatic heterocycles. The molecule has 2 rings (SSSR count). The number of hydrogen-bond donors (Lipinski definition) is 1. The van der Waals surface area contributed by atoms with Crippen LogP contribution in [0.4, 0.5) is 13.2 Å². The first kappa shape index (κ1) is 15.5. The van der Waals surface area contributed by atoms with Gasteiger partial charge in [-0.3, -0.25) is 4.98 Å². The molecule has 0 aliphatic rings. The Hall–Kier alpha value is -1.88. The highest BCUT2D eigenvalue weighted by Gasteiger charge is 2.17. The van der Waals surface area contributed by atoms with E-state index in [4.69, 9.17) is 0 Å². The van der Waals surface area contributed by atoms with Crippen LogP contribution in [0.3, 0.4) is 0 Å². The SMILES string of the molecule is CC(C)NC(Cc1ccc(F)cc1F)c1ccc(F)cn1. The monoisotopic (exact) mass is 294 g/mol. The molecule has 1 aromatic heterocycles. The zero-order valence-electron chi connectivity index (χ0n) is 11.9. The molecule has 0 radical (unpaired) electrons. The van der Waals surface area contributed by atoms with Gasteiger partial charge in [-0.1, -0.05) is 19.9 Å². The van der Waals surface area contributed by atoms with Gasteiger partial charge in [-0.25, -0.2) is 13.2 Å². The summed E-state index contributed by atoms with van der Waals surface area (Å²) in [4.78, 5) is 4.04. The van der Waals surface area contributed by atoms with Crippen molar-refractivity contribution in [2.45, 2.75) is 32.4 Å². The van der Waals surface area contributed by atoms with Crippen LogP contribution >= 0.6 is 0 Å². The average Bonchev–Trinajstić information content (AvgIpc) is 2.41. The van der Waals surface area contributed by atoms with E-state index >= 15 is 0 Å². The zero-order valence-corrected chi connectivity index (χ0v) is 11.9. The normalized spacial score (nSPS) is 12.7. The van der Waals surface area contributed by atoms with Crippen LogP contribution in [0.25, 0.3) is 0 Å². The Morgan fingerprint density at radius 1 is 1.05 bits per heavy atom. The number of hydrogen-bond acceptors (Lipinski definition) is 2. The maximum atomic E-state index is 13.8. The molecule has 1 aromatic carbocycles. The van der Waals surface area contributed by atoms with E-state index in [0.717, 1.165) is 12.3 Å². The molecule has 0 amide bonds. The molecule has 0 saturated heterocycles. The highest BCUT2D eigenvalue weighted by atomic mass is 19.1. The smallest absolute Gasteiger partial charge is 0.141 e. The summed E-state index contributed by atoms with van der Waals surface area (Å²) in [6, 6.07) is 6.26. The molecule has 1 unspecified atom stereocenters. The van der Waals surface area contributed by atoms with Gasteiger partial charge in [0.25, 0.3) is 0 Å². The maximum absolute atomic E-state index is 13.8. The van der Waals surface area contributed by atoms with Crippen molar-refractivity contribution in [1.29, 1.82) is 0 Å². The summed E-state index contributed by atoms with van der Waals surface area (Å²) in [6.07, 6.45) is 1.44. The van der Waals surface area contributed by atoms with Crippen molar-refractivity contribution in [3.05, 3.63) is 65.2 Å². The predicted molar refractivity (Wildman–Crippen MR) is 75.3 cm³/mol. The average molecular weight is 294 g/mol. The molecule has 0 aliphatic carbocycles. The van der Waals surface area contributed by atoms with Crippen LogP contribution in [0, 0.1) is 17.5 Å². The molecule has 0 bridgehead atoms. The van der Waals surface area contributed by atoms with Gasteiger partial charge >= 0.3 is 0 Å². The summed E-state index contributed by atoms with van der Waals surface area (Å²) >= 11 is 0. The zero-order chi connectivity index (χ0) is 15.4. The van der Waals surface area contributed by atoms with E-state index < -0.39 is 17.5 Å². The quantitative estimate of drug-likeness (QED) is 0.907. The number of pyridine rings is 1. The van der Waals surface area contributed by atoms with E-state index in [1.165, 1.54) is 18.2 Å². The summed E-state index contributed by atoms with van der Waals surface area (Å²) < 4.78 is 39.7. The molecule has 1 N–H and O–H groups in total. The van der Waals surface area contributed by atoms with Crippen LogP contribution in [0.5, 0.6) is 0 Å². The minimum absolute atomic E-state index is 0.144. The van der Waals surface area contributed by atoms with Crippen LogP contribution in [-0.2, 0) is 6.42 Å². The van der Waals surface area contributed by atoms with Gasteiger partial charge in [0.15, 0.2) is 0 Å². The molecule has 0 saturated carbocycles. The van der Waals surface area contributed by atoms with Crippen LogP contribution in [0.15, 0.2) is 36.5 Å². The number of aromatic nitrogens is 1. The molecule has 1 heterocycles. The Bertz CT molecular complexity index is 597. The van der Waals surface area contributed by atoms with Gasteiger partial charge in [0, 0.05) is 12.1 Å². The topological polar surface area (TPSA) is 24.9 Å². The third-order valence-electron chi connectivity index (χ3n) is 3.08. The fourth-order valence-electron chi connectivity index (χ4n) is 2.15. The third kappa shape index (κ3) is 4.29. The number of rotatable bonds is 5.